The van der Waals surface area contributed by atoms with Crippen LogP contribution in [0.1, 0.15) is 11.4 Å². The lowest BCUT2D eigenvalue weighted by molar-refractivity contribution is 0.640. The first-order chi connectivity index (χ1) is 11.6. The summed E-state index contributed by atoms with van der Waals surface area (Å²) in [6.45, 7) is 7.92. The minimum Gasteiger partial charge on any atom is -0.353 e. The maximum absolute atomic E-state index is 4.53. The highest BCUT2D eigenvalue weighted by molar-refractivity contribution is 5.96. The summed E-state index contributed by atoms with van der Waals surface area (Å²) in [6, 6.07) is 6.06. The Labute approximate surface area is 141 Å². The van der Waals surface area contributed by atoms with Crippen molar-refractivity contribution in [3.8, 4) is 0 Å². The SMILES string of the molecule is Cc1nnc(N2CCN(c3ccccn3)CC2)c2c(C)n(C)cc12. The van der Waals surface area contributed by atoms with Gasteiger partial charge in [0, 0.05) is 62.1 Å². The van der Waals surface area contributed by atoms with Crippen molar-refractivity contribution in [3.63, 3.8) is 0 Å². The van der Waals surface area contributed by atoms with Gasteiger partial charge >= 0.3 is 0 Å². The molecule has 0 radical (unpaired) electrons. The molecule has 24 heavy (non-hydrogen) atoms. The summed E-state index contributed by atoms with van der Waals surface area (Å²) in [5.74, 6) is 2.06. The third-order valence-corrected chi connectivity index (χ3v) is 4.94. The van der Waals surface area contributed by atoms with Gasteiger partial charge < -0.3 is 14.4 Å². The molecule has 4 rings (SSSR count). The largest absolute Gasteiger partial charge is 0.353 e. The van der Waals surface area contributed by atoms with Crippen LogP contribution in [-0.4, -0.2) is 45.9 Å². The molecule has 3 aromatic heterocycles. The number of hydrogen-bond acceptors (Lipinski definition) is 5. The standard InChI is InChI=1S/C18H22N6/c1-13-15-12-22(3)14(2)17(15)18(21-20-13)24-10-8-23(9-11-24)16-6-4-5-7-19-16/h4-7,12H,8-11H2,1-3H3. The van der Waals surface area contributed by atoms with Gasteiger partial charge in [0.15, 0.2) is 5.82 Å². The van der Waals surface area contributed by atoms with Gasteiger partial charge in [0.1, 0.15) is 5.82 Å². The third-order valence-electron chi connectivity index (χ3n) is 4.94. The number of hydrogen-bond donors (Lipinski definition) is 0. The first-order valence-electron chi connectivity index (χ1n) is 8.35. The van der Waals surface area contributed by atoms with Crippen LogP contribution in [-0.2, 0) is 7.05 Å². The van der Waals surface area contributed by atoms with E-state index < -0.39 is 0 Å². The molecule has 0 atom stereocenters. The van der Waals surface area contributed by atoms with E-state index in [-0.39, 0.29) is 0 Å². The summed E-state index contributed by atoms with van der Waals surface area (Å²) >= 11 is 0. The second-order valence-electron chi connectivity index (χ2n) is 6.39. The van der Waals surface area contributed by atoms with Crippen LogP contribution in [0.15, 0.2) is 30.6 Å². The van der Waals surface area contributed by atoms with Crippen LogP contribution in [0.3, 0.4) is 0 Å². The smallest absolute Gasteiger partial charge is 0.161 e. The van der Waals surface area contributed by atoms with Crippen molar-refractivity contribution in [3.05, 3.63) is 42.0 Å². The average molecular weight is 322 g/mol. The Hall–Kier alpha value is -2.63. The zero-order valence-electron chi connectivity index (χ0n) is 14.4. The molecule has 3 aromatic rings. The van der Waals surface area contributed by atoms with Crippen molar-refractivity contribution in [2.75, 3.05) is 36.0 Å². The van der Waals surface area contributed by atoms with Crippen molar-refractivity contribution in [1.82, 2.24) is 19.7 Å². The van der Waals surface area contributed by atoms with E-state index in [1.807, 2.05) is 25.3 Å². The Morgan fingerprint density at radius 3 is 2.42 bits per heavy atom. The van der Waals surface area contributed by atoms with Gasteiger partial charge in [-0.2, -0.15) is 5.10 Å². The van der Waals surface area contributed by atoms with E-state index in [1.54, 1.807) is 0 Å². The molecular formula is C18H22N6. The molecule has 0 saturated carbocycles. The summed E-state index contributed by atoms with van der Waals surface area (Å²) in [7, 11) is 2.08. The third kappa shape index (κ3) is 2.38. The molecule has 6 heteroatoms. The molecule has 1 aliphatic heterocycles. The van der Waals surface area contributed by atoms with Crippen molar-refractivity contribution in [2.24, 2.45) is 7.05 Å². The normalized spacial score (nSPS) is 15.3. The van der Waals surface area contributed by atoms with Gasteiger partial charge in [-0.3, -0.25) is 0 Å². The number of rotatable bonds is 2. The lowest BCUT2D eigenvalue weighted by atomic mass is 10.2. The molecule has 0 N–H and O–H groups in total. The highest BCUT2D eigenvalue weighted by atomic mass is 15.3. The fourth-order valence-electron chi connectivity index (χ4n) is 3.42. The van der Waals surface area contributed by atoms with E-state index in [2.05, 4.69) is 55.8 Å². The molecule has 124 valence electrons. The molecule has 1 aliphatic rings. The predicted molar refractivity (Wildman–Crippen MR) is 96.6 cm³/mol. The fourth-order valence-corrected chi connectivity index (χ4v) is 3.42. The van der Waals surface area contributed by atoms with Crippen LogP contribution in [0.5, 0.6) is 0 Å². The molecule has 0 spiro atoms. The first kappa shape index (κ1) is 14.9. The van der Waals surface area contributed by atoms with Crippen molar-refractivity contribution >= 4 is 22.4 Å². The van der Waals surface area contributed by atoms with Crippen LogP contribution in [0.4, 0.5) is 11.6 Å². The van der Waals surface area contributed by atoms with Gasteiger partial charge in [-0.05, 0) is 26.0 Å². The number of aromatic nitrogens is 4. The second kappa shape index (κ2) is 5.78. The Bertz CT molecular complexity index is 862. The number of piperazine rings is 1. The van der Waals surface area contributed by atoms with E-state index in [9.17, 15) is 0 Å². The summed E-state index contributed by atoms with van der Waals surface area (Å²) in [6.07, 6.45) is 4.01. The highest BCUT2D eigenvalue weighted by Crippen LogP contribution is 2.30. The molecule has 0 bridgehead atoms. The molecule has 0 aliphatic carbocycles. The Balaban J connectivity index is 1.62. The maximum Gasteiger partial charge on any atom is 0.161 e. The lowest BCUT2D eigenvalue weighted by Gasteiger charge is -2.36. The lowest BCUT2D eigenvalue weighted by Crippen LogP contribution is -2.47. The zero-order chi connectivity index (χ0) is 16.7. The van der Waals surface area contributed by atoms with Gasteiger partial charge in [0.25, 0.3) is 0 Å². The van der Waals surface area contributed by atoms with E-state index >= 15 is 0 Å². The first-order valence-corrected chi connectivity index (χ1v) is 8.35. The minimum atomic E-state index is 0.928. The average Bonchev–Trinajstić information content (AvgIpc) is 2.93. The predicted octanol–water partition coefficient (Wildman–Crippen LogP) is 2.31. The second-order valence-corrected chi connectivity index (χ2v) is 6.39. The van der Waals surface area contributed by atoms with E-state index in [1.165, 1.54) is 16.5 Å². The fraction of sp³-hybridized carbons (Fsp3) is 0.389. The molecule has 1 saturated heterocycles. The molecule has 0 aromatic carbocycles. The van der Waals surface area contributed by atoms with E-state index in [4.69, 9.17) is 0 Å². The van der Waals surface area contributed by atoms with Gasteiger partial charge in [0.05, 0.1) is 5.69 Å². The van der Waals surface area contributed by atoms with Gasteiger partial charge in [-0.15, -0.1) is 5.10 Å². The van der Waals surface area contributed by atoms with Crippen LogP contribution in [0, 0.1) is 13.8 Å². The summed E-state index contributed by atoms with van der Waals surface area (Å²) < 4.78 is 2.16. The Morgan fingerprint density at radius 2 is 1.71 bits per heavy atom. The van der Waals surface area contributed by atoms with Gasteiger partial charge in [0.2, 0.25) is 0 Å². The summed E-state index contributed by atoms with van der Waals surface area (Å²) in [5.41, 5.74) is 2.23. The summed E-state index contributed by atoms with van der Waals surface area (Å²) in [4.78, 5) is 9.13. The molecule has 4 heterocycles. The molecular weight excluding hydrogens is 300 g/mol. The monoisotopic (exact) mass is 322 g/mol. The topological polar surface area (TPSA) is 50.1 Å². The molecule has 0 unspecified atom stereocenters. The number of nitrogens with zero attached hydrogens (tertiary/aromatic N) is 6. The van der Waals surface area contributed by atoms with Gasteiger partial charge in [-0.1, -0.05) is 6.07 Å². The van der Waals surface area contributed by atoms with Gasteiger partial charge in [-0.25, -0.2) is 4.98 Å². The highest BCUT2D eigenvalue weighted by Gasteiger charge is 2.23. The van der Waals surface area contributed by atoms with Crippen molar-refractivity contribution in [2.45, 2.75) is 13.8 Å². The van der Waals surface area contributed by atoms with Crippen LogP contribution in [0.25, 0.3) is 10.8 Å². The number of pyridine rings is 1. The molecule has 0 amide bonds. The minimum absolute atomic E-state index is 0.928. The molecule has 6 nitrogen and oxygen atoms in total. The summed E-state index contributed by atoms with van der Waals surface area (Å²) in [5, 5.41) is 11.3. The Kier molecular flexibility index (Phi) is 3.59. The number of anilines is 2. The molecule has 1 fully saturated rings. The van der Waals surface area contributed by atoms with E-state index in [0.717, 1.165) is 43.5 Å². The number of fused-ring (bicyclic) bond motifs is 1. The quantitative estimate of drug-likeness (QED) is 0.725. The maximum atomic E-state index is 4.53. The zero-order valence-corrected chi connectivity index (χ0v) is 14.4. The van der Waals surface area contributed by atoms with Crippen molar-refractivity contribution < 1.29 is 0 Å². The number of aryl methyl sites for hydroxylation is 3. The van der Waals surface area contributed by atoms with Crippen LogP contribution >= 0.6 is 0 Å². The van der Waals surface area contributed by atoms with Crippen molar-refractivity contribution in [1.29, 1.82) is 0 Å². The van der Waals surface area contributed by atoms with Crippen LogP contribution in [0.2, 0.25) is 0 Å². The van der Waals surface area contributed by atoms with E-state index in [0.29, 0.717) is 0 Å². The Morgan fingerprint density at radius 1 is 0.958 bits per heavy atom. The van der Waals surface area contributed by atoms with Crippen LogP contribution < -0.4 is 9.80 Å².